The van der Waals surface area contributed by atoms with Gasteiger partial charge in [-0.25, -0.2) is 4.79 Å². The second kappa shape index (κ2) is 14.8. The van der Waals surface area contributed by atoms with Crippen molar-refractivity contribution in [3.05, 3.63) is 88.9 Å². The molecule has 0 radical (unpaired) electrons. The number of carbonyl (C=O) groups is 3. The first-order chi connectivity index (χ1) is 22.4. The lowest BCUT2D eigenvalue weighted by atomic mass is 9.89. The van der Waals surface area contributed by atoms with Crippen molar-refractivity contribution in [2.75, 3.05) is 49.1 Å². The van der Waals surface area contributed by atoms with E-state index in [1.807, 2.05) is 93.3 Å². The summed E-state index contributed by atoms with van der Waals surface area (Å²) in [6, 6.07) is 22.0. The highest BCUT2D eigenvalue weighted by Gasteiger charge is 2.38. The first kappa shape index (κ1) is 34.3. The van der Waals surface area contributed by atoms with Crippen molar-refractivity contribution < 1.29 is 23.9 Å². The van der Waals surface area contributed by atoms with Gasteiger partial charge in [-0.15, -0.1) is 0 Å². The number of hydrogen-bond donors (Lipinski definition) is 0. The largest absolute Gasteiger partial charge is 0.494 e. The number of halogens is 1. The second-order valence-corrected chi connectivity index (χ2v) is 13.7. The number of rotatable bonds is 8. The van der Waals surface area contributed by atoms with Crippen LogP contribution in [0.15, 0.2) is 72.8 Å². The van der Waals surface area contributed by atoms with Crippen LogP contribution in [0.2, 0.25) is 5.02 Å². The molecule has 3 aromatic rings. The van der Waals surface area contributed by atoms with Crippen molar-refractivity contribution in [1.82, 2.24) is 9.80 Å². The molecule has 0 saturated carbocycles. The highest BCUT2D eigenvalue weighted by atomic mass is 35.5. The van der Waals surface area contributed by atoms with Gasteiger partial charge in [-0.05, 0) is 101 Å². The van der Waals surface area contributed by atoms with Crippen molar-refractivity contribution in [2.45, 2.75) is 65.1 Å². The quantitative estimate of drug-likeness (QED) is 0.238. The van der Waals surface area contributed by atoms with E-state index < -0.39 is 5.60 Å². The number of piperazine rings is 1. The summed E-state index contributed by atoms with van der Waals surface area (Å²) < 4.78 is 11.5. The summed E-state index contributed by atoms with van der Waals surface area (Å²) in [7, 11) is 0. The zero-order valence-corrected chi connectivity index (χ0v) is 28.7. The van der Waals surface area contributed by atoms with Gasteiger partial charge in [0.25, 0.3) is 5.91 Å². The van der Waals surface area contributed by atoms with E-state index in [4.69, 9.17) is 21.1 Å². The Kier molecular flexibility index (Phi) is 10.8. The Morgan fingerprint density at radius 3 is 2.21 bits per heavy atom. The summed E-state index contributed by atoms with van der Waals surface area (Å²) in [6.07, 6.45) is 1.19. The summed E-state index contributed by atoms with van der Waals surface area (Å²) in [5.74, 6) is 0.542. The molecule has 0 aliphatic carbocycles. The number of hydrogen-bond acceptors (Lipinski definition) is 6. The molecule has 0 N–H and O–H groups in total. The fraction of sp³-hybridized carbons (Fsp3) is 0.432. The summed E-state index contributed by atoms with van der Waals surface area (Å²) >= 11 is 6.12. The molecule has 0 unspecified atom stereocenters. The third kappa shape index (κ3) is 8.45. The molecule has 3 amide bonds. The molecule has 5 rings (SSSR count). The molecule has 2 aliphatic heterocycles. The smallest absolute Gasteiger partial charge is 0.410 e. The van der Waals surface area contributed by atoms with Gasteiger partial charge in [-0.1, -0.05) is 29.8 Å². The molecule has 47 heavy (non-hydrogen) atoms. The van der Waals surface area contributed by atoms with Crippen LogP contribution in [0.3, 0.4) is 0 Å². The van der Waals surface area contributed by atoms with Gasteiger partial charge < -0.3 is 24.2 Å². The molecule has 0 spiro atoms. The van der Waals surface area contributed by atoms with E-state index in [0.717, 1.165) is 43.0 Å². The Labute approximate surface area is 283 Å². The summed E-state index contributed by atoms with van der Waals surface area (Å²) in [4.78, 5) is 46.9. The Morgan fingerprint density at radius 2 is 1.57 bits per heavy atom. The van der Waals surface area contributed by atoms with Gasteiger partial charge in [0.15, 0.2) is 0 Å². The molecule has 0 bridgehead atoms. The monoisotopic (exact) mass is 660 g/mol. The predicted molar refractivity (Wildman–Crippen MR) is 185 cm³/mol. The maximum absolute atomic E-state index is 13.9. The summed E-state index contributed by atoms with van der Waals surface area (Å²) in [5.41, 5.74) is 2.58. The van der Waals surface area contributed by atoms with Crippen LogP contribution in [0.25, 0.3) is 0 Å². The predicted octanol–water partition coefficient (Wildman–Crippen LogP) is 7.19. The van der Waals surface area contributed by atoms with Crippen molar-refractivity contribution in [3.8, 4) is 5.75 Å². The number of nitrogens with zero attached hydrogens (tertiary/aromatic N) is 4. The Balaban J connectivity index is 1.17. The third-order valence-corrected chi connectivity index (χ3v) is 8.80. The van der Waals surface area contributed by atoms with Crippen LogP contribution in [-0.2, 0) is 9.53 Å². The van der Waals surface area contributed by atoms with Crippen LogP contribution in [0.1, 0.15) is 69.4 Å². The highest BCUT2D eigenvalue weighted by molar-refractivity contribution is 6.30. The Morgan fingerprint density at radius 1 is 0.915 bits per heavy atom. The van der Waals surface area contributed by atoms with E-state index in [0.29, 0.717) is 42.5 Å². The highest BCUT2D eigenvalue weighted by Crippen LogP contribution is 2.43. The number of amides is 3. The van der Waals surface area contributed by atoms with Crippen LogP contribution < -0.4 is 14.5 Å². The van der Waals surface area contributed by atoms with Gasteiger partial charge in [-0.2, -0.15) is 0 Å². The van der Waals surface area contributed by atoms with Gasteiger partial charge >= 0.3 is 6.09 Å². The topological polar surface area (TPSA) is 82.6 Å². The van der Waals surface area contributed by atoms with Crippen LogP contribution >= 0.6 is 11.6 Å². The first-order valence-electron chi connectivity index (χ1n) is 16.3. The second-order valence-electron chi connectivity index (χ2n) is 13.2. The van der Waals surface area contributed by atoms with Crippen LogP contribution in [0.5, 0.6) is 5.75 Å². The molecule has 9 nitrogen and oxygen atoms in total. The number of para-hydroxylation sites is 1. The minimum atomic E-state index is -0.489. The van der Waals surface area contributed by atoms with Gasteiger partial charge in [0, 0.05) is 67.7 Å². The first-order valence-corrected chi connectivity index (χ1v) is 16.7. The summed E-state index contributed by atoms with van der Waals surface area (Å²) in [5, 5.41) is 0.606. The van der Waals surface area contributed by atoms with Gasteiger partial charge in [0.1, 0.15) is 11.4 Å². The van der Waals surface area contributed by atoms with Gasteiger partial charge in [0.2, 0.25) is 5.91 Å². The fourth-order valence-electron chi connectivity index (χ4n) is 6.31. The molecular formula is C37H45ClN4O5. The minimum Gasteiger partial charge on any atom is -0.494 e. The molecule has 2 atom stereocenters. The normalized spacial score (nSPS) is 18.3. The molecule has 3 aromatic carbocycles. The zero-order valence-electron chi connectivity index (χ0n) is 27.9. The molecule has 2 heterocycles. The van der Waals surface area contributed by atoms with Gasteiger partial charge in [0.05, 0.1) is 12.6 Å². The van der Waals surface area contributed by atoms with E-state index in [2.05, 4.69) is 4.90 Å². The van der Waals surface area contributed by atoms with Crippen LogP contribution in [0, 0.1) is 0 Å². The van der Waals surface area contributed by atoms with Crippen molar-refractivity contribution in [1.29, 1.82) is 0 Å². The van der Waals surface area contributed by atoms with E-state index in [9.17, 15) is 14.4 Å². The average Bonchev–Trinajstić information content (AvgIpc) is 3.03. The molecule has 2 aliphatic rings. The number of anilines is 2. The van der Waals surface area contributed by atoms with Crippen molar-refractivity contribution in [3.63, 3.8) is 0 Å². The standard InChI is InChI=1S/C37H45ClN4O5/c1-26-25-34(42(27(2)43)30-15-13-29(38)14-16-30)32-9-6-7-10-33(32)41(26)35(44)28-11-17-31(18-12-28)46-24-8-19-39-20-22-40(23-21-39)36(45)47-37(3,4)5/h6-7,9-18,26,34H,8,19-25H2,1-5H3/t26-,34+/m0/s1. The lowest BCUT2D eigenvalue weighted by molar-refractivity contribution is -0.117. The van der Waals surface area contributed by atoms with Crippen LogP contribution in [-0.4, -0.2) is 78.7 Å². The average molecular weight is 661 g/mol. The number of ether oxygens (including phenoxy) is 2. The van der Waals surface area contributed by atoms with Crippen molar-refractivity contribution >= 4 is 40.9 Å². The maximum atomic E-state index is 13.9. The van der Waals surface area contributed by atoms with Crippen molar-refractivity contribution in [2.24, 2.45) is 0 Å². The zero-order chi connectivity index (χ0) is 33.7. The Hall–Kier alpha value is -4.08. The summed E-state index contributed by atoms with van der Waals surface area (Å²) in [6.45, 7) is 13.6. The lowest BCUT2D eigenvalue weighted by Gasteiger charge is -2.43. The van der Waals surface area contributed by atoms with Gasteiger partial charge in [-0.3, -0.25) is 14.5 Å². The van der Waals surface area contributed by atoms with E-state index >= 15 is 0 Å². The maximum Gasteiger partial charge on any atom is 0.410 e. The minimum absolute atomic E-state index is 0.0736. The van der Waals surface area contributed by atoms with E-state index in [1.54, 1.807) is 28.9 Å². The Bertz CT molecular complexity index is 1550. The number of carbonyl (C=O) groups excluding carboxylic acids is 3. The van der Waals surface area contributed by atoms with Crippen LogP contribution in [0.4, 0.5) is 16.2 Å². The lowest BCUT2D eigenvalue weighted by Crippen LogP contribution is -2.50. The number of benzene rings is 3. The molecule has 1 fully saturated rings. The molecular weight excluding hydrogens is 616 g/mol. The SMILES string of the molecule is CC(=O)N(c1ccc(Cl)cc1)[C@@H]1C[C@H](C)N(C(=O)c2ccc(OCCCN3CCN(C(=O)OC(C)(C)C)CC3)cc2)c2ccccc21. The fourth-order valence-corrected chi connectivity index (χ4v) is 6.44. The third-order valence-electron chi connectivity index (χ3n) is 8.55. The molecule has 250 valence electrons. The van der Waals surface area contributed by atoms with E-state index in [-0.39, 0.29) is 30.0 Å². The molecule has 1 saturated heterocycles. The molecule has 0 aromatic heterocycles. The number of fused-ring (bicyclic) bond motifs is 1. The van der Waals surface area contributed by atoms with E-state index in [1.165, 1.54) is 0 Å². The molecule has 10 heteroatoms.